The first-order chi connectivity index (χ1) is 13.6. The smallest absolute Gasteiger partial charge is 0.377 e. The SMILES string of the molecule is O=C(Cc1nc2ccc(-c3ccccc3)cc2s1)NCc1nc(C(=O)O)no1. The van der Waals surface area contributed by atoms with Crippen molar-refractivity contribution >= 4 is 33.4 Å². The van der Waals surface area contributed by atoms with Gasteiger partial charge in [-0.25, -0.2) is 9.78 Å². The molecular formula is C19H14N4O4S. The lowest BCUT2D eigenvalue weighted by molar-refractivity contribution is -0.120. The van der Waals surface area contributed by atoms with Crippen molar-refractivity contribution in [1.82, 2.24) is 20.4 Å². The lowest BCUT2D eigenvalue weighted by Crippen LogP contribution is -2.24. The average Bonchev–Trinajstić information content (AvgIpc) is 3.33. The van der Waals surface area contributed by atoms with Gasteiger partial charge in [-0.05, 0) is 28.4 Å². The molecule has 0 spiro atoms. The van der Waals surface area contributed by atoms with Gasteiger partial charge < -0.3 is 14.9 Å². The van der Waals surface area contributed by atoms with Crippen LogP contribution in [0.3, 0.4) is 0 Å². The van der Waals surface area contributed by atoms with Gasteiger partial charge >= 0.3 is 5.97 Å². The monoisotopic (exact) mass is 394 g/mol. The number of nitrogens with zero attached hydrogens (tertiary/aromatic N) is 3. The maximum atomic E-state index is 12.1. The summed E-state index contributed by atoms with van der Waals surface area (Å²) >= 11 is 1.46. The molecule has 9 heteroatoms. The standard InChI is InChI=1S/C19H14N4O4S/c24-15(20-10-16-22-18(19(25)26)23-27-16)9-17-21-13-7-6-12(8-14(13)28-17)11-4-2-1-3-5-11/h1-8H,9-10H2,(H,20,24)(H,25,26). The molecule has 0 aliphatic carbocycles. The normalized spacial score (nSPS) is 10.9. The number of hydrogen-bond acceptors (Lipinski definition) is 7. The number of carbonyl (C=O) groups excluding carboxylic acids is 1. The Kier molecular flexibility index (Phi) is 4.81. The van der Waals surface area contributed by atoms with Crippen LogP contribution in [0.2, 0.25) is 0 Å². The zero-order chi connectivity index (χ0) is 19.5. The van der Waals surface area contributed by atoms with Crippen LogP contribution >= 0.6 is 11.3 Å². The second-order valence-corrected chi connectivity index (χ2v) is 7.04. The van der Waals surface area contributed by atoms with E-state index in [1.165, 1.54) is 11.3 Å². The molecule has 0 aliphatic rings. The van der Waals surface area contributed by atoms with Crippen molar-refractivity contribution in [2.24, 2.45) is 0 Å². The van der Waals surface area contributed by atoms with E-state index in [1.54, 1.807) is 0 Å². The van der Waals surface area contributed by atoms with Crippen LogP contribution in [0.5, 0.6) is 0 Å². The Bertz CT molecular complexity index is 1150. The molecular weight excluding hydrogens is 380 g/mol. The summed E-state index contributed by atoms with van der Waals surface area (Å²) < 4.78 is 5.77. The van der Waals surface area contributed by atoms with Crippen LogP contribution < -0.4 is 5.32 Å². The Labute approximate surface area is 162 Å². The number of rotatable bonds is 6. The van der Waals surface area contributed by atoms with E-state index in [0.29, 0.717) is 5.01 Å². The summed E-state index contributed by atoms with van der Waals surface area (Å²) in [6.07, 6.45) is 0.111. The van der Waals surface area contributed by atoms with E-state index >= 15 is 0 Å². The largest absolute Gasteiger partial charge is 0.475 e. The first-order valence-corrected chi connectivity index (χ1v) is 9.17. The number of aromatic nitrogens is 3. The summed E-state index contributed by atoms with van der Waals surface area (Å²) in [4.78, 5) is 31.0. The molecule has 4 rings (SSSR count). The lowest BCUT2D eigenvalue weighted by atomic mass is 10.1. The third-order valence-electron chi connectivity index (χ3n) is 3.95. The molecule has 0 atom stereocenters. The zero-order valence-corrected chi connectivity index (χ0v) is 15.3. The second-order valence-electron chi connectivity index (χ2n) is 5.93. The van der Waals surface area contributed by atoms with Gasteiger partial charge in [-0.2, -0.15) is 4.98 Å². The van der Waals surface area contributed by atoms with E-state index in [2.05, 4.69) is 26.5 Å². The predicted octanol–water partition coefficient (Wildman–Crippen LogP) is 2.90. The van der Waals surface area contributed by atoms with Crippen LogP contribution in [0, 0.1) is 0 Å². The van der Waals surface area contributed by atoms with Crippen molar-refractivity contribution < 1.29 is 19.2 Å². The summed E-state index contributed by atoms with van der Waals surface area (Å²) in [5, 5.41) is 15.4. The number of thiazole rings is 1. The van der Waals surface area contributed by atoms with Crippen molar-refractivity contribution in [2.45, 2.75) is 13.0 Å². The van der Waals surface area contributed by atoms with Gasteiger partial charge in [0.25, 0.3) is 5.82 Å². The maximum absolute atomic E-state index is 12.1. The van der Waals surface area contributed by atoms with Gasteiger partial charge in [0.05, 0.1) is 23.2 Å². The molecule has 2 aromatic carbocycles. The van der Waals surface area contributed by atoms with Crippen molar-refractivity contribution in [3.8, 4) is 11.1 Å². The summed E-state index contributed by atoms with van der Waals surface area (Å²) in [5.74, 6) is -1.96. The number of benzene rings is 2. The topological polar surface area (TPSA) is 118 Å². The minimum absolute atomic E-state index is 0.0301. The van der Waals surface area contributed by atoms with Crippen LogP contribution in [0.15, 0.2) is 53.1 Å². The van der Waals surface area contributed by atoms with Crippen molar-refractivity contribution in [1.29, 1.82) is 0 Å². The Balaban J connectivity index is 1.42. The summed E-state index contributed by atoms with van der Waals surface area (Å²) in [6.45, 7) is -0.0395. The van der Waals surface area contributed by atoms with Gasteiger partial charge in [0.15, 0.2) is 0 Å². The summed E-state index contributed by atoms with van der Waals surface area (Å²) in [6, 6.07) is 16.1. The highest BCUT2D eigenvalue weighted by Gasteiger charge is 2.14. The molecule has 2 heterocycles. The van der Waals surface area contributed by atoms with E-state index in [9.17, 15) is 9.59 Å². The molecule has 2 aromatic heterocycles. The van der Waals surface area contributed by atoms with Crippen LogP contribution in [0.4, 0.5) is 0 Å². The number of nitrogens with one attached hydrogen (secondary N) is 1. The van der Waals surface area contributed by atoms with E-state index in [-0.39, 0.29) is 24.8 Å². The molecule has 1 amide bonds. The van der Waals surface area contributed by atoms with E-state index < -0.39 is 11.8 Å². The highest BCUT2D eigenvalue weighted by Crippen LogP contribution is 2.28. The number of carbonyl (C=O) groups is 2. The highest BCUT2D eigenvalue weighted by molar-refractivity contribution is 7.18. The molecule has 2 N–H and O–H groups in total. The molecule has 0 saturated heterocycles. The number of amides is 1. The van der Waals surface area contributed by atoms with Crippen molar-refractivity contribution in [3.63, 3.8) is 0 Å². The quantitative estimate of drug-likeness (QED) is 0.516. The molecule has 0 radical (unpaired) electrons. The van der Waals surface area contributed by atoms with E-state index in [0.717, 1.165) is 21.3 Å². The first-order valence-electron chi connectivity index (χ1n) is 8.36. The fourth-order valence-electron chi connectivity index (χ4n) is 2.65. The van der Waals surface area contributed by atoms with Gasteiger partial charge in [0.2, 0.25) is 11.8 Å². The number of aromatic carboxylic acids is 1. The first kappa shape index (κ1) is 17.8. The Hall–Kier alpha value is -3.59. The molecule has 0 bridgehead atoms. The molecule has 4 aromatic rings. The zero-order valence-electron chi connectivity index (χ0n) is 14.5. The molecule has 0 unspecified atom stereocenters. The number of hydrogen-bond donors (Lipinski definition) is 2. The highest BCUT2D eigenvalue weighted by atomic mass is 32.1. The second kappa shape index (κ2) is 7.57. The Morgan fingerprint density at radius 3 is 2.64 bits per heavy atom. The summed E-state index contributed by atoms with van der Waals surface area (Å²) in [7, 11) is 0. The lowest BCUT2D eigenvalue weighted by Gasteiger charge is -2.00. The molecule has 0 aliphatic heterocycles. The van der Waals surface area contributed by atoms with Gasteiger partial charge in [0.1, 0.15) is 5.01 Å². The Morgan fingerprint density at radius 2 is 1.89 bits per heavy atom. The van der Waals surface area contributed by atoms with Crippen LogP contribution in [0.25, 0.3) is 21.3 Å². The van der Waals surface area contributed by atoms with Gasteiger partial charge in [-0.1, -0.05) is 36.4 Å². The minimum atomic E-state index is -1.29. The minimum Gasteiger partial charge on any atom is -0.475 e. The molecule has 8 nitrogen and oxygen atoms in total. The van der Waals surface area contributed by atoms with Crippen LogP contribution in [-0.2, 0) is 17.8 Å². The third kappa shape index (κ3) is 3.89. The predicted molar refractivity (Wildman–Crippen MR) is 102 cm³/mol. The number of carboxylic acids is 1. The summed E-state index contributed by atoms with van der Waals surface area (Å²) in [5.41, 5.74) is 3.06. The van der Waals surface area contributed by atoms with E-state index in [4.69, 9.17) is 9.63 Å². The number of fused-ring (bicyclic) bond motifs is 1. The van der Waals surface area contributed by atoms with Crippen LogP contribution in [-0.4, -0.2) is 32.1 Å². The molecule has 0 saturated carbocycles. The third-order valence-corrected chi connectivity index (χ3v) is 4.97. The van der Waals surface area contributed by atoms with Crippen molar-refractivity contribution in [3.05, 3.63) is 65.3 Å². The van der Waals surface area contributed by atoms with Crippen LogP contribution in [0.1, 0.15) is 21.5 Å². The fraction of sp³-hybridized carbons (Fsp3) is 0.105. The molecule has 140 valence electrons. The maximum Gasteiger partial charge on any atom is 0.377 e. The molecule has 0 fully saturated rings. The van der Waals surface area contributed by atoms with Gasteiger partial charge in [-0.15, -0.1) is 11.3 Å². The van der Waals surface area contributed by atoms with Gasteiger partial charge in [-0.3, -0.25) is 4.79 Å². The molecule has 28 heavy (non-hydrogen) atoms. The Morgan fingerprint density at radius 1 is 1.07 bits per heavy atom. The average molecular weight is 394 g/mol. The van der Waals surface area contributed by atoms with Crippen molar-refractivity contribution in [2.75, 3.05) is 0 Å². The number of carboxylic acid groups (broad SMARTS) is 1. The van der Waals surface area contributed by atoms with E-state index in [1.807, 2.05) is 42.5 Å². The van der Waals surface area contributed by atoms with Gasteiger partial charge in [0, 0.05) is 0 Å². The fourth-order valence-corrected chi connectivity index (χ4v) is 3.65.